The Balaban J connectivity index is 0.00000342. The average molecular weight is 569 g/mol. The molecule has 2 aromatic carbocycles. The third-order valence-electron chi connectivity index (χ3n) is 5.73. The van der Waals surface area contributed by atoms with E-state index in [1.807, 2.05) is 23.1 Å². The molecule has 1 fully saturated rings. The minimum atomic E-state index is -0.712. The second-order valence-corrected chi connectivity index (χ2v) is 8.92. The number of ether oxygens (including phenoxy) is 1. The van der Waals surface area contributed by atoms with Gasteiger partial charge in [-0.1, -0.05) is 12.1 Å². The molecule has 1 aromatic heterocycles. The van der Waals surface area contributed by atoms with Crippen molar-refractivity contribution in [1.82, 2.24) is 14.8 Å². The molecule has 0 radical (unpaired) electrons. The Bertz CT molecular complexity index is 1280. The summed E-state index contributed by atoms with van der Waals surface area (Å²) in [6, 6.07) is 12.2. The van der Waals surface area contributed by atoms with Crippen LogP contribution in [0.2, 0.25) is 0 Å². The number of pyridine rings is 1. The number of nitrogens with zero attached hydrogens (tertiary/aromatic N) is 2. The summed E-state index contributed by atoms with van der Waals surface area (Å²) in [5, 5.41) is 3.23. The molecule has 3 aromatic rings. The van der Waals surface area contributed by atoms with Gasteiger partial charge in [-0.25, -0.2) is 8.78 Å². The van der Waals surface area contributed by atoms with E-state index in [1.54, 1.807) is 23.6 Å². The van der Waals surface area contributed by atoms with E-state index in [4.69, 9.17) is 4.74 Å². The molecule has 2 heterocycles. The average Bonchev–Trinajstić information content (AvgIpc) is 2.84. The van der Waals surface area contributed by atoms with Gasteiger partial charge in [0.25, 0.3) is 11.5 Å². The Morgan fingerprint density at radius 1 is 1.11 bits per heavy atom. The maximum atomic E-state index is 13.9. The molecule has 1 N–H and O–H groups in total. The number of piperazine rings is 1. The van der Waals surface area contributed by atoms with Crippen LogP contribution in [0.3, 0.4) is 0 Å². The molecule has 4 rings (SSSR count). The minimum Gasteiger partial charge on any atom is -0.487 e. The monoisotopic (exact) mass is 567 g/mol. The van der Waals surface area contributed by atoms with Crippen LogP contribution in [0.1, 0.15) is 27.2 Å². The normalized spacial score (nSPS) is 13.3. The summed E-state index contributed by atoms with van der Waals surface area (Å²) >= 11 is 3.29. The molecule has 0 unspecified atom stereocenters. The highest BCUT2D eigenvalue weighted by molar-refractivity contribution is 9.10. The zero-order valence-electron chi connectivity index (χ0n) is 19.0. The van der Waals surface area contributed by atoms with Gasteiger partial charge in [0.1, 0.15) is 28.5 Å². The molecule has 0 spiro atoms. The number of amides is 1. The van der Waals surface area contributed by atoms with Crippen LogP contribution in [-0.4, -0.2) is 41.6 Å². The molecule has 0 saturated carbocycles. The molecule has 0 bridgehead atoms. The molecule has 1 saturated heterocycles. The molecule has 0 aliphatic carbocycles. The first-order valence-corrected chi connectivity index (χ1v) is 11.7. The Morgan fingerprint density at radius 3 is 2.57 bits per heavy atom. The maximum Gasteiger partial charge on any atom is 0.269 e. The molecule has 10 heteroatoms. The van der Waals surface area contributed by atoms with E-state index in [9.17, 15) is 18.4 Å². The lowest BCUT2D eigenvalue weighted by Crippen LogP contribution is -2.46. The number of nitrogens with one attached hydrogen (secondary N) is 1. The summed E-state index contributed by atoms with van der Waals surface area (Å²) in [6.45, 7) is 4.78. The van der Waals surface area contributed by atoms with Crippen LogP contribution in [-0.2, 0) is 13.2 Å². The smallest absolute Gasteiger partial charge is 0.269 e. The molecular weight excluding hydrogens is 544 g/mol. The van der Waals surface area contributed by atoms with E-state index < -0.39 is 11.6 Å². The van der Waals surface area contributed by atoms with Crippen molar-refractivity contribution in [3.05, 3.63) is 97.4 Å². The number of rotatable bonds is 6. The van der Waals surface area contributed by atoms with Crippen molar-refractivity contribution >= 4 is 34.2 Å². The number of aryl methyl sites for hydroxylation is 1. The van der Waals surface area contributed by atoms with Crippen molar-refractivity contribution in [2.75, 3.05) is 26.2 Å². The summed E-state index contributed by atoms with van der Waals surface area (Å²) in [7, 11) is 0. The van der Waals surface area contributed by atoms with Gasteiger partial charge in [0, 0.05) is 55.1 Å². The van der Waals surface area contributed by atoms with Gasteiger partial charge in [0.15, 0.2) is 0 Å². The van der Waals surface area contributed by atoms with Crippen molar-refractivity contribution < 1.29 is 18.3 Å². The standard InChI is InChI=1S/C25H24BrF2N3O3.ClH/c1-16-11-22(34-15-19-5-6-20(27)13-21(19)28)23(26)25(33)31(16)14-17-3-2-4-18(12-17)24(32)30-9-7-29-8-10-30;/h2-6,11-13,29H,7-10,14-15H2,1H3;1H. The highest BCUT2D eigenvalue weighted by atomic mass is 79.9. The Labute approximate surface area is 216 Å². The molecule has 186 valence electrons. The Hall–Kier alpha value is -2.75. The third kappa shape index (κ3) is 6.28. The van der Waals surface area contributed by atoms with Gasteiger partial charge in [-0.05, 0) is 52.7 Å². The second-order valence-electron chi connectivity index (χ2n) is 8.12. The lowest BCUT2D eigenvalue weighted by Gasteiger charge is -2.27. The van der Waals surface area contributed by atoms with E-state index in [0.29, 0.717) is 24.3 Å². The lowest BCUT2D eigenvalue weighted by molar-refractivity contribution is 0.0735. The van der Waals surface area contributed by atoms with E-state index in [0.717, 1.165) is 30.8 Å². The van der Waals surface area contributed by atoms with Gasteiger partial charge in [0.2, 0.25) is 0 Å². The summed E-state index contributed by atoms with van der Waals surface area (Å²) in [5.74, 6) is -1.13. The van der Waals surface area contributed by atoms with Crippen molar-refractivity contribution in [2.45, 2.75) is 20.1 Å². The summed E-state index contributed by atoms with van der Waals surface area (Å²) in [4.78, 5) is 27.7. The fourth-order valence-electron chi connectivity index (χ4n) is 3.85. The van der Waals surface area contributed by atoms with Crippen LogP contribution in [0, 0.1) is 18.6 Å². The zero-order valence-corrected chi connectivity index (χ0v) is 21.4. The molecule has 1 aliphatic heterocycles. The van der Waals surface area contributed by atoms with Gasteiger partial charge >= 0.3 is 0 Å². The first-order valence-electron chi connectivity index (χ1n) is 10.9. The summed E-state index contributed by atoms with van der Waals surface area (Å²) < 4.78 is 34.4. The third-order valence-corrected chi connectivity index (χ3v) is 6.46. The number of benzene rings is 2. The summed E-state index contributed by atoms with van der Waals surface area (Å²) in [5.41, 5.74) is 1.92. The molecule has 1 amide bonds. The lowest BCUT2D eigenvalue weighted by atomic mass is 10.1. The fourth-order valence-corrected chi connectivity index (χ4v) is 4.29. The first-order chi connectivity index (χ1) is 16.3. The largest absolute Gasteiger partial charge is 0.487 e. The van der Waals surface area contributed by atoms with E-state index >= 15 is 0 Å². The van der Waals surface area contributed by atoms with E-state index in [1.165, 1.54) is 6.07 Å². The number of halogens is 4. The van der Waals surface area contributed by atoms with Crippen LogP contribution in [0.4, 0.5) is 8.78 Å². The highest BCUT2D eigenvalue weighted by Crippen LogP contribution is 2.24. The second kappa shape index (κ2) is 11.8. The van der Waals surface area contributed by atoms with E-state index in [2.05, 4.69) is 21.2 Å². The number of carbonyl (C=O) groups is 1. The SMILES string of the molecule is Cc1cc(OCc2ccc(F)cc2F)c(Br)c(=O)n1Cc1cccc(C(=O)N2CCNCC2)c1.Cl. The van der Waals surface area contributed by atoms with Gasteiger partial charge in [-0.15, -0.1) is 12.4 Å². The molecular formula is C25H25BrClF2N3O3. The fraction of sp³-hybridized carbons (Fsp3) is 0.280. The highest BCUT2D eigenvalue weighted by Gasteiger charge is 2.19. The van der Waals surface area contributed by atoms with Crippen molar-refractivity contribution in [3.8, 4) is 5.75 Å². The maximum absolute atomic E-state index is 13.9. The van der Waals surface area contributed by atoms with Crippen LogP contribution >= 0.6 is 28.3 Å². The Morgan fingerprint density at radius 2 is 1.86 bits per heavy atom. The van der Waals surface area contributed by atoms with Crippen LogP contribution in [0.15, 0.2) is 57.8 Å². The van der Waals surface area contributed by atoms with Crippen molar-refractivity contribution in [1.29, 1.82) is 0 Å². The van der Waals surface area contributed by atoms with Crippen LogP contribution < -0.4 is 15.6 Å². The number of hydrogen-bond acceptors (Lipinski definition) is 4. The Kier molecular flexibility index (Phi) is 9.04. The number of carbonyl (C=O) groups excluding carboxylic acids is 1. The molecule has 0 atom stereocenters. The quantitative estimate of drug-likeness (QED) is 0.482. The first kappa shape index (κ1) is 26.8. The van der Waals surface area contributed by atoms with Crippen molar-refractivity contribution in [2.24, 2.45) is 0 Å². The van der Waals surface area contributed by atoms with E-state index in [-0.39, 0.29) is 52.8 Å². The molecule has 6 nitrogen and oxygen atoms in total. The predicted molar refractivity (Wildman–Crippen MR) is 135 cm³/mol. The van der Waals surface area contributed by atoms with Crippen molar-refractivity contribution in [3.63, 3.8) is 0 Å². The van der Waals surface area contributed by atoms with Crippen LogP contribution in [0.5, 0.6) is 5.75 Å². The zero-order chi connectivity index (χ0) is 24.2. The summed E-state index contributed by atoms with van der Waals surface area (Å²) in [6.07, 6.45) is 0. The molecule has 35 heavy (non-hydrogen) atoms. The minimum absolute atomic E-state index is 0. The van der Waals surface area contributed by atoms with Gasteiger partial charge in [-0.3, -0.25) is 9.59 Å². The van der Waals surface area contributed by atoms with Gasteiger partial charge in [0.05, 0.1) is 6.54 Å². The number of hydrogen-bond donors (Lipinski definition) is 1. The number of aromatic nitrogens is 1. The van der Waals surface area contributed by atoms with Gasteiger partial charge < -0.3 is 19.5 Å². The van der Waals surface area contributed by atoms with Crippen LogP contribution in [0.25, 0.3) is 0 Å². The predicted octanol–water partition coefficient (Wildman–Crippen LogP) is 4.29. The molecule has 1 aliphatic rings. The topological polar surface area (TPSA) is 63.6 Å². The van der Waals surface area contributed by atoms with Gasteiger partial charge in [-0.2, -0.15) is 0 Å².